The predicted octanol–water partition coefficient (Wildman–Crippen LogP) is 7.55. The average molecular weight is 614 g/mol. The van der Waals surface area contributed by atoms with Crippen LogP contribution in [-0.2, 0) is 23.8 Å². The monoisotopic (exact) mass is 614 g/mol. The number of carbonyl (C=O) groups is 1. The summed E-state index contributed by atoms with van der Waals surface area (Å²) in [5.41, 5.74) is -1.65. The second kappa shape index (κ2) is 12.2. The van der Waals surface area contributed by atoms with Gasteiger partial charge in [-0.25, -0.2) is 22.0 Å². The molecule has 0 spiro atoms. The van der Waals surface area contributed by atoms with Crippen molar-refractivity contribution in [3.8, 4) is 11.5 Å². The molecule has 0 fully saturated rings. The number of amides is 1. The molecule has 0 aliphatic rings. The van der Waals surface area contributed by atoms with Gasteiger partial charge < -0.3 is 9.47 Å². The van der Waals surface area contributed by atoms with E-state index in [-0.39, 0.29) is 28.7 Å². The Morgan fingerprint density at radius 2 is 1.40 bits per heavy atom. The Kier molecular flexibility index (Phi) is 9.27. The fourth-order valence-corrected chi connectivity index (χ4v) is 3.44. The highest BCUT2D eigenvalue weighted by Crippen LogP contribution is 2.38. The molecule has 0 heterocycles. The van der Waals surface area contributed by atoms with E-state index < -0.39 is 76.3 Å². The zero-order valence-corrected chi connectivity index (χ0v) is 21.1. The molecule has 0 aliphatic heterocycles. The van der Waals surface area contributed by atoms with Crippen molar-refractivity contribution in [2.75, 3.05) is 12.5 Å². The van der Waals surface area contributed by atoms with Crippen LogP contribution in [0.5, 0.6) is 11.5 Å². The number of alkyl halides is 6. The summed E-state index contributed by atoms with van der Waals surface area (Å²) in [6.45, 7) is 0.430. The summed E-state index contributed by atoms with van der Waals surface area (Å²) in [5, 5.41) is 0. The summed E-state index contributed by atoms with van der Waals surface area (Å²) in [6, 6.07) is 4.88. The predicted molar refractivity (Wildman–Crippen MR) is 125 cm³/mol. The van der Waals surface area contributed by atoms with E-state index in [1.54, 1.807) is 10.9 Å². The fourth-order valence-electron chi connectivity index (χ4n) is 3.44. The van der Waals surface area contributed by atoms with Crippen molar-refractivity contribution in [1.29, 1.82) is 0 Å². The van der Waals surface area contributed by atoms with Crippen LogP contribution in [0.3, 0.4) is 0 Å². The molecule has 1 amide bonds. The molecule has 5 nitrogen and oxygen atoms in total. The van der Waals surface area contributed by atoms with Crippen LogP contribution >= 0.6 is 0 Å². The number of ether oxygens (including phenoxy) is 2. The van der Waals surface area contributed by atoms with Gasteiger partial charge >= 0.3 is 12.4 Å². The molecule has 226 valence electrons. The molecule has 3 aromatic carbocycles. The Bertz CT molecular complexity index is 1500. The number of hydrogen-bond acceptors (Lipinski definition) is 4. The highest BCUT2D eigenvalue weighted by Gasteiger charge is 2.38. The molecule has 0 aliphatic carbocycles. The molecule has 16 heteroatoms. The van der Waals surface area contributed by atoms with Crippen LogP contribution in [-0.4, -0.2) is 13.0 Å². The maximum Gasteiger partial charge on any atom is 0.416 e. The van der Waals surface area contributed by atoms with E-state index in [2.05, 4.69) is 0 Å². The molecule has 2 N–H and O–H groups in total. The van der Waals surface area contributed by atoms with Gasteiger partial charge in [0.25, 0.3) is 5.91 Å². The molecule has 0 saturated carbocycles. The van der Waals surface area contributed by atoms with Gasteiger partial charge in [-0.15, -0.1) is 0 Å². The third-order valence-corrected chi connectivity index (χ3v) is 5.57. The molecule has 3 aromatic rings. The highest BCUT2D eigenvalue weighted by atomic mass is 19.4. The lowest BCUT2D eigenvalue weighted by atomic mass is 10.0. The average Bonchev–Trinajstić information content (AvgIpc) is 2.92. The first-order valence-electron chi connectivity index (χ1n) is 11.3. The van der Waals surface area contributed by atoms with E-state index in [1.165, 1.54) is 38.3 Å². The smallest absolute Gasteiger partial charge is 0.416 e. The first-order valence-corrected chi connectivity index (χ1v) is 11.3. The minimum Gasteiger partial charge on any atom is -0.493 e. The fraction of sp³-hybridized carbons (Fsp3) is 0.192. The number of benzene rings is 3. The van der Waals surface area contributed by atoms with Crippen molar-refractivity contribution in [2.45, 2.75) is 25.9 Å². The molecular formula is C26H17F11N2O3. The molecule has 0 atom stereocenters. The van der Waals surface area contributed by atoms with Crippen LogP contribution in [0.15, 0.2) is 42.0 Å². The number of carbonyl (C=O) groups excluding carboxylic acids is 1. The highest BCUT2D eigenvalue weighted by molar-refractivity contribution is 5.97. The van der Waals surface area contributed by atoms with Crippen molar-refractivity contribution < 1.29 is 62.6 Å². The summed E-state index contributed by atoms with van der Waals surface area (Å²) in [5.74, 6) is -12.5. The summed E-state index contributed by atoms with van der Waals surface area (Å²) in [6.07, 6.45) is -8.91. The molecule has 0 bridgehead atoms. The summed E-state index contributed by atoms with van der Waals surface area (Å²) >= 11 is 0. The third-order valence-electron chi connectivity index (χ3n) is 5.57. The first-order chi connectivity index (χ1) is 19.4. The quantitative estimate of drug-likeness (QED) is 0.0905. The zero-order valence-electron chi connectivity index (χ0n) is 21.1. The van der Waals surface area contributed by atoms with E-state index in [1.807, 2.05) is 0 Å². The first kappa shape index (κ1) is 32.0. The van der Waals surface area contributed by atoms with Gasteiger partial charge in [0.2, 0.25) is 5.82 Å². The largest absolute Gasteiger partial charge is 0.493 e. The van der Waals surface area contributed by atoms with Crippen molar-refractivity contribution in [3.05, 3.63) is 93.3 Å². The van der Waals surface area contributed by atoms with Gasteiger partial charge in [-0.3, -0.25) is 15.6 Å². The number of methoxy groups -OCH3 is 1. The number of nitrogens with one attached hydrogen (secondary N) is 2. The van der Waals surface area contributed by atoms with Crippen molar-refractivity contribution in [2.24, 2.45) is 0 Å². The van der Waals surface area contributed by atoms with Gasteiger partial charge in [0.1, 0.15) is 12.3 Å². The zero-order chi connectivity index (χ0) is 31.6. The Morgan fingerprint density at radius 3 is 1.95 bits per heavy atom. The van der Waals surface area contributed by atoms with Crippen LogP contribution in [0.1, 0.15) is 29.2 Å². The van der Waals surface area contributed by atoms with Gasteiger partial charge in [0.05, 0.1) is 18.2 Å². The van der Waals surface area contributed by atoms with Gasteiger partial charge in [-0.1, -0.05) is 12.1 Å². The second-order valence-corrected chi connectivity index (χ2v) is 8.42. The summed E-state index contributed by atoms with van der Waals surface area (Å²) < 4.78 is 157. The van der Waals surface area contributed by atoms with Crippen LogP contribution < -0.4 is 20.3 Å². The van der Waals surface area contributed by atoms with Gasteiger partial charge in [-0.2, -0.15) is 26.3 Å². The van der Waals surface area contributed by atoms with E-state index in [0.29, 0.717) is 12.1 Å². The standard InChI is InChI=1S/C26H17F11N2O3/c1-11(24(40)39-38-23-21(30)19(28)18(27)20(29)22(23)31)7-12-3-6-16(17(8-12)41-2)42-10-13-4-5-14(25(32,33)34)9-15(13)26(35,36)37/h3-9,38H,10H2,1-2H3,(H,39,40)/b11-7-. The van der Waals surface area contributed by atoms with Gasteiger partial charge in [-0.05, 0) is 42.8 Å². The van der Waals surface area contributed by atoms with Crippen molar-refractivity contribution in [1.82, 2.24) is 5.43 Å². The Balaban J connectivity index is 1.77. The Labute approximate surface area is 229 Å². The second-order valence-electron chi connectivity index (χ2n) is 8.42. The lowest BCUT2D eigenvalue weighted by molar-refractivity contribution is -0.143. The van der Waals surface area contributed by atoms with Crippen LogP contribution in [0.2, 0.25) is 0 Å². The molecule has 3 rings (SSSR count). The lowest BCUT2D eigenvalue weighted by Gasteiger charge is -2.17. The van der Waals surface area contributed by atoms with Crippen molar-refractivity contribution >= 4 is 17.7 Å². The molecule has 0 saturated heterocycles. The van der Waals surface area contributed by atoms with Gasteiger partial charge in [0, 0.05) is 11.1 Å². The topological polar surface area (TPSA) is 59.6 Å². The Hall–Kier alpha value is -4.50. The van der Waals surface area contributed by atoms with Crippen molar-refractivity contribution in [3.63, 3.8) is 0 Å². The molecule has 42 heavy (non-hydrogen) atoms. The number of rotatable bonds is 8. The molecule has 0 unspecified atom stereocenters. The number of hydrogen-bond donors (Lipinski definition) is 2. The van der Waals surface area contributed by atoms with Gasteiger partial charge in [0.15, 0.2) is 34.8 Å². The maximum atomic E-state index is 13.8. The van der Waals surface area contributed by atoms with E-state index in [0.717, 1.165) is 0 Å². The van der Waals surface area contributed by atoms with Crippen LogP contribution in [0, 0.1) is 29.1 Å². The number of hydrazine groups is 1. The minimum absolute atomic E-state index is 0.0294. The van der Waals surface area contributed by atoms with Crippen LogP contribution in [0.4, 0.5) is 54.0 Å². The number of anilines is 1. The van der Waals surface area contributed by atoms with E-state index >= 15 is 0 Å². The summed E-state index contributed by atoms with van der Waals surface area (Å²) in [7, 11) is 1.17. The third kappa shape index (κ3) is 7.03. The lowest BCUT2D eigenvalue weighted by Crippen LogP contribution is -2.31. The normalized spacial score (nSPS) is 12.3. The maximum absolute atomic E-state index is 13.8. The summed E-state index contributed by atoms with van der Waals surface area (Å²) in [4.78, 5) is 12.3. The number of halogens is 11. The van der Waals surface area contributed by atoms with E-state index in [4.69, 9.17) is 9.47 Å². The molecule has 0 radical (unpaired) electrons. The Morgan fingerprint density at radius 1 is 0.810 bits per heavy atom. The molecular weight excluding hydrogens is 597 g/mol. The molecule has 0 aromatic heterocycles. The van der Waals surface area contributed by atoms with Crippen LogP contribution in [0.25, 0.3) is 6.08 Å². The minimum atomic E-state index is -5.11. The SMILES string of the molecule is COc1cc(/C=C(/C)C(=O)NNc2c(F)c(F)c(F)c(F)c2F)ccc1OCc1ccc(C(F)(F)F)cc1C(F)(F)F. The van der Waals surface area contributed by atoms with E-state index in [9.17, 15) is 53.1 Å².